The van der Waals surface area contributed by atoms with Crippen LogP contribution in [0.25, 0.3) is 0 Å². The first-order chi connectivity index (χ1) is 6.03. The van der Waals surface area contributed by atoms with Crippen molar-refractivity contribution in [3.8, 4) is 0 Å². The molecule has 1 aromatic rings. The third-order valence-corrected chi connectivity index (χ3v) is 2.42. The summed E-state index contributed by atoms with van der Waals surface area (Å²) in [6.07, 6.45) is 1.13. The van der Waals surface area contributed by atoms with Crippen molar-refractivity contribution in [2.45, 2.75) is 39.7 Å². The van der Waals surface area contributed by atoms with Gasteiger partial charge in [-0.05, 0) is 39.3 Å². The van der Waals surface area contributed by atoms with E-state index in [4.69, 9.17) is 0 Å². The van der Waals surface area contributed by atoms with E-state index in [1.54, 1.807) is 0 Å². The van der Waals surface area contributed by atoms with Crippen LogP contribution < -0.4 is 5.32 Å². The van der Waals surface area contributed by atoms with Gasteiger partial charge in [0, 0.05) is 11.2 Å². The molecule has 0 saturated carbocycles. The fraction of sp³-hybridized carbons (Fsp3) is 0.500. The third-order valence-electron chi connectivity index (χ3n) is 2.42. The number of nitrogens with one attached hydrogen (secondary N) is 1. The van der Waals surface area contributed by atoms with Crippen molar-refractivity contribution < 1.29 is 0 Å². The number of hydrogen-bond donors (Lipinski definition) is 1. The van der Waals surface area contributed by atoms with Gasteiger partial charge in [-0.1, -0.05) is 24.6 Å². The van der Waals surface area contributed by atoms with Crippen molar-refractivity contribution in [1.82, 2.24) is 0 Å². The minimum absolute atomic E-state index is 0.190. The molecule has 1 N–H and O–H groups in total. The lowest BCUT2D eigenvalue weighted by Crippen LogP contribution is -2.29. The van der Waals surface area contributed by atoms with E-state index in [9.17, 15) is 0 Å². The summed E-state index contributed by atoms with van der Waals surface area (Å²) in [5.74, 6) is 0. The Morgan fingerprint density at radius 2 is 1.69 bits per heavy atom. The fourth-order valence-corrected chi connectivity index (χ4v) is 1.12. The van der Waals surface area contributed by atoms with Crippen molar-refractivity contribution in [2.75, 3.05) is 5.32 Å². The number of anilines is 1. The topological polar surface area (TPSA) is 12.0 Å². The second kappa shape index (κ2) is 3.82. The van der Waals surface area contributed by atoms with E-state index >= 15 is 0 Å². The maximum Gasteiger partial charge on any atom is 0.0344 e. The molecule has 0 aliphatic heterocycles. The lowest BCUT2D eigenvalue weighted by atomic mass is 10.0. The number of aryl methyl sites for hydroxylation is 1. The molecule has 13 heavy (non-hydrogen) atoms. The molecule has 1 rings (SSSR count). The first kappa shape index (κ1) is 10.1. The number of rotatable bonds is 3. The van der Waals surface area contributed by atoms with Gasteiger partial charge in [0.2, 0.25) is 0 Å². The van der Waals surface area contributed by atoms with Gasteiger partial charge in [0.25, 0.3) is 0 Å². The predicted octanol–water partition coefficient (Wildman–Crippen LogP) is 3.60. The van der Waals surface area contributed by atoms with Gasteiger partial charge in [0.05, 0.1) is 0 Å². The summed E-state index contributed by atoms with van der Waals surface area (Å²) in [6, 6.07) is 8.53. The maximum absolute atomic E-state index is 3.50. The standard InChI is InChI=1S/C12H19N/c1-5-12(3,4)13-11-8-6-10(2)7-9-11/h6-9,13H,5H2,1-4H3. The lowest BCUT2D eigenvalue weighted by Gasteiger charge is -2.25. The van der Waals surface area contributed by atoms with E-state index in [0.29, 0.717) is 0 Å². The Morgan fingerprint density at radius 3 is 2.15 bits per heavy atom. The predicted molar refractivity (Wildman–Crippen MR) is 59.2 cm³/mol. The van der Waals surface area contributed by atoms with E-state index in [1.807, 2.05) is 0 Å². The number of hydrogen-bond acceptors (Lipinski definition) is 1. The lowest BCUT2D eigenvalue weighted by molar-refractivity contribution is 0.547. The molecule has 0 aliphatic rings. The van der Waals surface area contributed by atoms with Gasteiger partial charge in [0.1, 0.15) is 0 Å². The Kier molecular flexibility index (Phi) is 2.97. The van der Waals surface area contributed by atoms with Crippen molar-refractivity contribution >= 4 is 5.69 Å². The molecule has 0 radical (unpaired) electrons. The Hall–Kier alpha value is -0.980. The van der Waals surface area contributed by atoms with E-state index in [1.165, 1.54) is 11.3 Å². The van der Waals surface area contributed by atoms with Crippen LogP contribution in [0, 0.1) is 6.92 Å². The van der Waals surface area contributed by atoms with Gasteiger partial charge >= 0.3 is 0 Å². The van der Waals surface area contributed by atoms with Crippen molar-refractivity contribution in [3.63, 3.8) is 0 Å². The molecule has 72 valence electrons. The Labute approximate surface area is 81.2 Å². The average molecular weight is 177 g/mol. The van der Waals surface area contributed by atoms with E-state index in [-0.39, 0.29) is 5.54 Å². The molecular formula is C12H19N. The van der Waals surface area contributed by atoms with E-state index in [0.717, 1.165) is 6.42 Å². The first-order valence-corrected chi connectivity index (χ1v) is 4.88. The second-order valence-electron chi connectivity index (χ2n) is 4.23. The zero-order chi connectivity index (χ0) is 9.90. The first-order valence-electron chi connectivity index (χ1n) is 4.88. The molecule has 0 spiro atoms. The molecule has 1 aromatic carbocycles. The van der Waals surface area contributed by atoms with Crippen molar-refractivity contribution in [3.05, 3.63) is 29.8 Å². The van der Waals surface area contributed by atoms with Crippen LogP contribution in [0.1, 0.15) is 32.8 Å². The minimum Gasteiger partial charge on any atom is -0.380 e. The summed E-state index contributed by atoms with van der Waals surface area (Å²) < 4.78 is 0. The van der Waals surface area contributed by atoms with Crippen molar-refractivity contribution in [1.29, 1.82) is 0 Å². The molecule has 0 unspecified atom stereocenters. The van der Waals surface area contributed by atoms with Gasteiger partial charge in [-0.3, -0.25) is 0 Å². The summed E-state index contributed by atoms with van der Waals surface area (Å²) in [5, 5.41) is 3.50. The van der Waals surface area contributed by atoms with Gasteiger partial charge < -0.3 is 5.32 Å². The second-order valence-corrected chi connectivity index (χ2v) is 4.23. The molecular weight excluding hydrogens is 158 g/mol. The van der Waals surface area contributed by atoms with Crippen LogP contribution in [0.3, 0.4) is 0 Å². The molecule has 0 saturated heterocycles. The molecule has 0 fully saturated rings. The monoisotopic (exact) mass is 177 g/mol. The molecule has 0 bridgehead atoms. The zero-order valence-corrected chi connectivity index (χ0v) is 9.02. The molecule has 0 atom stereocenters. The zero-order valence-electron chi connectivity index (χ0n) is 9.02. The Bertz CT molecular complexity index is 259. The van der Waals surface area contributed by atoms with Gasteiger partial charge in [0.15, 0.2) is 0 Å². The highest BCUT2D eigenvalue weighted by Crippen LogP contribution is 2.17. The third kappa shape index (κ3) is 3.10. The Balaban J connectivity index is 2.69. The summed E-state index contributed by atoms with van der Waals surface area (Å²) >= 11 is 0. The normalized spacial score (nSPS) is 11.4. The van der Waals surface area contributed by atoms with Crippen LogP contribution >= 0.6 is 0 Å². The van der Waals surface area contributed by atoms with Gasteiger partial charge in [-0.2, -0.15) is 0 Å². The summed E-state index contributed by atoms with van der Waals surface area (Å²) in [6.45, 7) is 8.73. The van der Waals surface area contributed by atoms with E-state index < -0.39 is 0 Å². The molecule has 0 heterocycles. The highest BCUT2D eigenvalue weighted by atomic mass is 15.0. The summed E-state index contributed by atoms with van der Waals surface area (Å²) in [4.78, 5) is 0. The Morgan fingerprint density at radius 1 is 1.15 bits per heavy atom. The quantitative estimate of drug-likeness (QED) is 0.744. The summed E-state index contributed by atoms with van der Waals surface area (Å²) in [7, 11) is 0. The molecule has 0 amide bonds. The SMILES string of the molecule is CCC(C)(C)Nc1ccc(C)cc1. The molecule has 1 nitrogen and oxygen atoms in total. The maximum atomic E-state index is 3.50. The largest absolute Gasteiger partial charge is 0.380 e. The van der Waals surface area contributed by atoms with Crippen LogP contribution in [0.15, 0.2) is 24.3 Å². The van der Waals surface area contributed by atoms with Crippen LogP contribution in [0.4, 0.5) is 5.69 Å². The van der Waals surface area contributed by atoms with Crippen molar-refractivity contribution in [2.24, 2.45) is 0 Å². The molecule has 0 aromatic heterocycles. The highest BCUT2D eigenvalue weighted by molar-refractivity contribution is 5.46. The summed E-state index contributed by atoms with van der Waals surface area (Å²) in [5.41, 5.74) is 2.70. The van der Waals surface area contributed by atoms with Gasteiger partial charge in [-0.15, -0.1) is 0 Å². The fourth-order valence-electron chi connectivity index (χ4n) is 1.12. The molecule has 0 aliphatic carbocycles. The van der Waals surface area contributed by atoms with Crippen LogP contribution in [-0.2, 0) is 0 Å². The smallest absolute Gasteiger partial charge is 0.0344 e. The highest BCUT2D eigenvalue weighted by Gasteiger charge is 2.13. The van der Waals surface area contributed by atoms with E-state index in [2.05, 4.69) is 57.3 Å². The van der Waals surface area contributed by atoms with Gasteiger partial charge in [-0.25, -0.2) is 0 Å². The van der Waals surface area contributed by atoms with Crippen LogP contribution in [-0.4, -0.2) is 5.54 Å². The van der Waals surface area contributed by atoms with Crippen LogP contribution in [0.5, 0.6) is 0 Å². The average Bonchev–Trinajstić information content (AvgIpc) is 2.09. The molecule has 1 heteroatoms. The van der Waals surface area contributed by atoms with Crippen LogP contribution in [0.2, 0.25) is 0 Å². The number of benzene rings is 1. The minimum atomic E-state index is 0.190.